The Hall–Kier alpha value is -3.67. The molecular formula is C23H21F3N4O2. The summed E-state index contributed by atoms with van der Waals surface area (Å²) in [6, 6.07) is 12.3. The number of amides is 2. The van der Waals surface area contributed by atoms with E-state index in [0.29, 0.717) is 37.6 Å². The third-order valence-corrected chi connectivity index (χ3v) is 5.53. The van der Waals surface area contributed by atoms with Crippen molar-refractivity contribution in [3.8, 4) is 11.8 Å². The third kappa shape index (κ3) is 4.49. The number of nitriles is 1. The predicted octanol–water partition coefficient (Wildman–Crippen LogP) is 4.29. The number of nitrogens with zero attached hydrogens (tertiary/aromatic N) is 3. The van der Waals surface area contributed by atoms with Gasteiger partial charge in [-0.05, 0) is 42.0 Å². The van der Waals surface area contributed by atoms with Gasteiger partial charge in [0.2, 0.25) is 0 Å². The van der Waals surface area contributed by atoms with E-state index in [2.05, 4.69) is 11.4 Å². The van der Waals surface area contributed by atoms with Crippen LogP contribution >= 0.6 is 0 Å². The molecule has 0 spiro atoms. The van der Waals surface area contributed by atoms with E-state index < -0.39 is 11.7 Å². The molecule has 32 heavy (non-hydrogen) atoms. The number of likely N-dealkylation sites (tertiary alicyclic amines) is 1. The standard InChI is InChI=1S/C23H21F3N4O2/c1-29-13-17(9-27)20-8-15(2-7-21(20)29)10-28-22(31)30-11-16(12-30)14-32-19-5-3-18(4-6-19)23(24,25)26/h2-8,13,16H,10-12,14H2,1H3,(H,28,31). The van der Waals surface area contributed by atoms with Crippen LogP contribution in [0.4, 0.5) is 18.0 Å². The first kappa shape index (κ1) is 21.6. The summed E-state index contributed by atoms with van der Waals surface area (Å²) in [7, 11) is 1.88. The van der Waals surface area contributed by atoms with Crippen LogP contribution in [0.5, 0.6) is 5.75 Å². The van der Waals surface area contributed by atoms with Crippen LogP contribution in [0.1, 0.15) is 16.7 Å². The number of urea groups is 1. The molecule has 3 aromatic rings. The molecule has 2 heterocycles. The summed E-state index contributed by atoms with van der Waals surface area (Å²) >= 11 is 0. The maximum atomic E-state index is 12.6. The first-order valence-electron chi connectivity index (χ1n) is 10.1. The van der Waals surface area contributed by atoms with E-state index in [1.165, 1.54) is 12.1 Å². The number of nitrogens with one attached hydrogen (secondary N) is 1. The summed E-state index contributed by atoms with van der Waals surface area (Å²) in [5, 5.41) is 13.0. The van der Waals surface area contributed by atoms with Crippen molar-refractivity contribution in [1.29, 1.82) is 5.26 Å². The zero-order chi connectivity index (χ0) is 22.9. The van der Waals surface area contributed by atoms with Gasteiger partial charge in [-0.1, -0.05) is 6.07 Å². The summed E-state index contributed by atoms with van der Waals surface area (Å²) in [6.45, 7) is 1.71. The number of carbonyl (C=O) groups is 1. The fourth-order valence-electron chi connectivity index (χ4n) is 3.72. The number of halogens is 3. The van der Waals surface area contributed by atoms with Gasteiger partial charge in [-0.2, -0.15) is 18.4 Å². The highest BCUT2D eigenvalue weighted by atomic mass is 19.4. The Labute approximate surface area is 182 Å². The summed E-state index contributed by atoms with van der Waals surface area (Å²) < 4.78 is 45.2. The number of fused-ring (bicyclic) bond motifs is 1. The molecule has 166 valence electrons. The molecule has 0 radical (unpaired) electrons. The van der Waals surface area contributed by atoms with Gasteiger partial charge in [0.05, 0.1) is 17.7 Å². The Kier molecular flexibility index (Phi) is 5.70. The predicted molar refractivity (Wildman–Crippen MR) is 112 cm³/mol. The van der Waals surface area contributed by atoms with Gasteiger partial charge in [0.25, 0.3) is 0 Å². The Morgan fingerprint density at radius 1 is 1.22 bits per heavy atom. The average molecular weight is 442 g/mol. The van der Waals surface area contributed by atoms with E-state index in [-0.39, 0.29) is 11.9 Å². The largest absolute Gasteiger partial charge is 0.493 e. The fraction of sp³-hybridized carbons (Fsp3) is 0.304. The van der Waals surface area contributed by atoms with Crippen molar-refractivity contribution in [2.45, 2.75) is 12.7 Å². The van der Waals surface area contributed by atoms with E-state index in [4.69, 9.17) is 4.74 Å². The van der Waals surface area contributed by atoms with E-state index in [1.54, 1.807) is 11.1 Å². The van der Waals surface area contributed by atoms with Crippen LogP contribution in [0.2, 0.25) is 0 Å². The highest BCUT2D eigenvalue weighted by Crippen LogP contribution is 2.30. The number of rotatable bonds is 5. The Bertz CT molecular complexity index is 1170. The summed E-state index contributed by atoms with van der Waals surface area (Å²) in [5.41, 5.74) is 1.73. The van der Waals surface area contributed by atoms with Crippen LogP contribution < -0.4 is 10.1 Å². The number of hydrogen-bond donors (Lipinski definition) is 1. The van der Waals surface area contributed by atoms with Gasteiger partial charge in [0.1, 0.15) is 11.8 Å². The normalized spacial score (nSPS) is 14.2. The minimum Gasteiger partial charge on any atom is -0.493 e. The van der Waals surface area contributed by atoms with E-state index >= 15 is 0 Å². The number of alkyl halides is 3. The molecule has 0 unspecified atom stereocenters. The molecule has 2 aromatic carbocycles. The molecule has 1 aromatic heterocycles. The molecule has 0 aliphatic carbocycles. The molecule has 6 nitrogen and oxygen atoms in total. The van der Waals surface area contributed by atoms with Crippen molar-refractivity contribution in [2.75, 3.05) is 19.7 Å². The van der Waals surface area contributed by atoms with Crippen molar-refractivity contribution in [3.05, 3.63) is 65.4 Å². The lowest BCUT2D eigenvalue weighted by molar-refractivity contribution is -0.137. The van der Waals surface area contributed by atoms with Crippen molar-refractivity contribution >= 4 is 16.9 Å². The lowest BCUT2D eigenvalue weighted by Gasteiger charge is -2.38. The quantitative estimate of drug-likeness (QED) is 0.641. The minimum absolute atomic E-state index is 0.127. The number of benzene rings is 2. The van der Waals surface area contributed by atoms with E-state index in [0.717, 1.165) is 28.6 Å². The Morgan fingerprint density at radius 3 is 2.59 bits per heavy atom. The van der Waals surface area contributed by atoms with Crippen LogP contribution in [0.3, 0.4) is 0 Å². The molecule has 1 aliphatic rings. The smallest absolute Gasteiger partial charge is 0.416 e. The minimum atomic E-state index is -4.37. The number of aromatic nitrogens is 1. The molecule has 0 saturated carbocycles. The number of hydrogen-bond acceptors (Lipinski definition) is 3. The molecule has 0 bridgehead atoms. The van der Waals surface area contributed by atoms with Crippen molar-refractivity contribution in [3.63, 3.8) is 0 Å². The van der Waals surface area contributed by atoms with Gasteiger partial charge in [-0.25, -0.2) is 4.79 Å². The lowest BCUT2D eigenvalue weighted by atomic mass is 10.0. The van der Waals surface area contributed by atoms with Gasteiger partial charge in [-0.15, -0.1) is 0 Å². The Morgan fingerprint density at radius 2 is 1.94 bits per heavy atom. The number of ether oxygens (including phenoxy) is 1. The van der Waals surface area contributed by atoms with Crippen molar-refractivity contribution < 1.29 is 22.7 Å². The zero-order valence-electron chi connectivity index (χ0n) is 17.3. The third-order valence-electron chi connectivity index (χ3n) is 5.53. The summed E-state index contributed by atoms with van der Waals surface area (Å²) in [6.07, 6.45) is -2.59. The molecule has 1 saturated heterocycles. The molecule has 9 heteroatoms. The van der Waals surface area contributed by atoms with E-state index in [1.807, 2.05) is 29.8 Å². The summed E-state index contributed by atoms with van der Waals surface area (Å²) in [4.78, 5) is 14.0. The highest BCUT2D eigenvalue weighted by molar-refractivity contribution is 5.87. The average Bonchev–Trinajstić information content (AvgIpc) is 3.06. The molecule has 1 fully saturated rings. The SMILES string of the molecule is Cn1cc(C#N)c2cc(CNC(=O)N3CC(COc4ccc(C(F)(F)F)cc4)C3)ccc21. The van der Waals surface area contributed by atoms with Crippen LogP contribution in [-0.2, 0) is 19.8 Å². The second kappa shape index (κ2) is 8.46. The van der Waals surface area contributed by atoms with Gasteiger partial charge < -0.3 is 19.5 Å². The number of carbonyl (C=O) groups excluding carboxylic acids is 1. The second-order valence-electron chi connectivity index (χ2n) is 7.88. The van der Waals surface area contributed by atoms with Crippen LogP contribution in [0, 0.1) is 17.2 Å². The molecular weight excluding hydrogens is 421 g/mol. The van der Waals surface area contributed by atoms with Gasteiger partial charge in [0.15, 0.2) is 0 Å². The first-order valence-corrected chi connectivity index (χ1v) is 10.1. The van der Waals surface area contributed by atoms with Crippen molar-refractivity contribution in [1.82, 2.24) is 14.8 Å². The van der Waals surface area contributed by atoms with Crippen LogP contribution in [0.25, 0.3) is 10.9 Å². The maximum absolute atomic E-state index is 12.6. The second-order valence-corrected chi connectivity index (χ2v) is 7.88. The monoisotopic (exact) mass is 442 g/mol. The first-order chi connectivity index (χ1) is 15.2. The topological polar surface area (TPSA) is 70.3 Å². The lowest BCUT2D eigenvalue weighted by Crippen LogP contribution is -2.55. The maximum Gasteiger partial charge on any atom is 0.416 e. The molecule has 4 rings (SSSR count). The van der Waals surface area contributed by atoms with Crippen LogP contribution in [-0.4, -0.2) is 35.2 Å². The zero-order valence-corrected chi connectivity index (χ0v) is 17.3. The molecule has 1 N–H and O–H groups in total. The van der Waals surface area contributed by atoms with E-state index in [9.17, 15) is 23.2 Å². The van der Waals surface area contributed by atoms with Gasteiger partial charge in [-0.3, -0.25) is 0 Å². The van der Waals surface area contributed by atoms with Crippen LogP contribution in [0.15, 0.2) is 48.7 Å². The Balaban J connectivity index is 1.23. The molecule has 1 aliphatic heterocycles. The fourth-order valence-corrected chi connectivity index (χ4v) is 3.72. The number of aryl methyl sites for hydroxylation is 1. The van der Waals surface area contributed by atoms with Crippen molar-refractivity contribution in [2.24, 2.45) is 13.0 Å². The molecule has 0 atom stereocenters. The van der Waals surface area contributed by atoms with Gasteiger partial charge >= 0.3 is 12.2 Å². The molecule has 2 amide bonds. The highest BCUT2D eigenvalue weighted by Gasteiger charge is 2.32. The van der Waals surface area contributed by atoms with Gasteiger partial charge in [0, 0.05) is 49.7 Å². The summed E-state index contributed by atoms with van der Waals surface area (Å²) in [5.74, 6) is 0.496.